The van der Waals surface area contributed by atoms with Gasteiger partial charge in [-0.1, -0.05) is 19.3 Å². The topological polar surface area (TPSA) is 75.1 Å². The smallest absolute Gasteiger partial charge is 0.308 e. The Morgan fingerprint density at radius 1 is 1.44 bits per heavy atom. The number of H-pyrrole nitrogens is 1. The lowest BCUT2D eigenvalue weighted by molar-refractivity contribution is -0.136. The molecule has 1 heterocycles. The third-order valence-electron chi connectivity index (χ3n) is 3.15. The molecule has 2 rings (SSSR count). The molecule has 16 heavy (non-hydrogen) atoms. The van der Waals surface area contributed by atoms with Gasteiger partial charge in [0.25, 0.3) is 5.56 Å². The first-order valence-electron chi connectivity index (χ1n) is 5.69. The van der Waals surface area contributed by atoms with Crippen molar-refractivity contribution in [2.45, 2.75) is 44.6 Å². The average Bonchev–Trinajstić information content (AvgIpc) is 2.61. The maximum Gasteiger partial charge on any atom is 0.308 e. The van der Waals surface area contributed by atoms with Gasteiger partial charge in [-0.2, -0.15) is 0 Å². The van der Waals surface area contributed by atoms with E-state index in [1.807, 2.05) is 0 Å². The van der Waals surface area contributed by atoms with Crippen molar-refractivity contribution in [2.75, 3.05) is 0 Å². The molecule has 0 atom stereocenters. The molecular weight excluding hydrogens is 208 g/mol. The summed E-state index contributed by atoms with van der Waals surface area (Å²) in [5.41, 5.74) is 0.173. The predicted octanol–water partition coefficient (Wildman–Crippen LogP) is 1.31. The molecule has 0 amide bonds. The van der Waals surface area contributed by atoms with E-state index >= 15 is 0 Å². The maximum atomic E-state index is 11.9. The number of aliphatic carboxylic acids is 1. The van der Waals surface area contributed by atoms with Crippen molar-refractivity contribution in [3.8, 4) is 0 Å². The number of aromatic amines is 1. The second kappa shape index (κ2) is 4.55. The number of carboxylic acids is 1. The monoisotopic (exact) mass is 224 g/mol. The lowest BCUT2D eigenvalue weighted by atomic mass is 9.96. The molecule has 5 nitrogen and oxygen atoms in total. The van der Waals surface area contributed by atoms with E-state index in [4.69, 9.17) is 5.11 Å². The first-order valence-corrected chi connectivity index (χ1v) is 5.69. The first kappa shape index (κ1) is 11.0. The number of aromatic nitrogens is 2. The summed E-state index contributed by atoms with van der Waals surface area (Å²) in [6.45, 7) is 0. The van der Waals surface area contributed by atoms with Gasteiger partial charge in [-0.15, -0.1) is 0 Å². The summed E-state index contributed by atoms with van der Waals surface area (Å²) in [5, 5.41) is 11.5. The minimum absolute atomic E-state index is 0.172. The molecule has 0 unspecified atom stereocenters. The number of hydrogen-bond acceptors (Lipinski definition) is 2. The van der Waals surface area contributed by atoms with E-state index in [0.717, 1.165) is 25.7 Å². The van der Waals surface area contributed by atoms with Gasteiger partial charge in [-0.3, -0.25) is 9.59 Å². The molecule has 2 N–H and O–H groups in total. The minimum atomic E-state index is -0.966. The Bertz CT molecular complexity index is 427. The Morgan fingerprint density at radius 3 is 2.75 bits per heavy atom. The zero-order chi connectivity index (χ0) is 11.5. The summed E-state index contributed by atoms with van der Waals surface area (Å²) < 4.78 is 1.59. The molecule has 0 radical (unpaired) electrons. The Balaban J connectivity index is 2.18. The fraction of sp³-hybridized carbons (Fsp3) is 0.636. The van der Waals surface area contributed by atoms with Gasteiger partial charge in [-0.05, 0) is 12.8 Å². The fourth-order valence-corrected chi connectivity index (χ4v) is 2.32. The summed E-state index contributed by atoms with van der Waals surface area (Å²) in [6, 6.07) is 0.226. The first-order chi connectivity index (χ1) is 7.68. The van der Waals surface area contributed by atoms with Gasteiger partial charge in [0, 0.05) is 11.8 Å². The molecule has 1 saturated carbocycles. The van der Waals surface area contributed by atoms with Crippen molar-refractivity contribution in [3.63, 3.8) is 0 Å². The Morgan fingerprint density at radius 2 is 2.12 bits per heavy atom. The van der Waals surface area contributed by atoms with E-state index in [-0.39, 0.29) is 18.0 Å². The number of carboxylic acid groups (broad SMARTS) is 1. The lowest BCUT2D eigenvalue weighted by Crippen LogP contribution is -2.26. The van der Waals surface area contributed by atoms with Crippen LogP contribution >= 0.6 is 0 Å². The molecular formula is C11H16N2O3. The van der Waals surface area contributed by atoms with Crippen LogP contribution in [0.4, 0.5) is 0 Å². The highest BCUT2D eigenvalue weighted by Gasteiger charge is 2.19. The van der Waals surface area contributed by atoms with Crippen molar-refractivity contribution >= 4 is 5.97 Å². The molecule has 1 aromatic rings. The average molecular weight is 224 g/mol. The fourth-order valence-electron chi connectivity index (χ4n) is 2.32. The summed E-state index contributed by atoms with van der Waals surface area (Å²) in [4.78, 5) is 22.4. The standard InChI is InChI=1S/C11H16N2O3/c14-10(15)6-8-7-12-13(11(8)16)9-4-2-1-3-5-9/h7,9,12H,1-6H2,(H,14,15). The van der Waals surface area contributed by atoms with Gasteiger partial charge in [-0.25, -0.2) is 4.68 Å². The van der Waals surface area contributed by atoms with Gasteiger partial charge in [0.1, 0.15) is 0 Å². The van der Waals surface area contributed by atoms with Gasteiger partial charge in [0.2, 0.25) is 0 Å². The Hall–Kier alpha value is -1.52. The van der Waals surface area contributed by atoms with Crippen LogP contribution in [-0.4, -0.2) is 20.9 Å². The highest BCUT2D eigenvalue weighted by molar-refractivity contribution is 5.69. The van der Waals surface area contributed by atoms with Crippen LogP contribution in [0.3, 0.4) is 0 Å². The number of hydrogen-bond donors (Lipinski definition) is 2. The van der Waals surface area contributed by atoms with Crippen LogP contribution in [0.15, 0.2) is 11.0 Å². The third-order valence-corrected chi connectivity index (χ3v) is 3.15. The van der Waals surface area contributed by atoms with Crippen molar-refractivity contribution in [2.24, 2.45) is 0 Å². The summed E-state index contributed by atoms with van der Waals surface area (Å²) in [5.74, 6) is -0.966. The van der Waals surface area contributed by atoms with Gasteiger partial charge >= 0.3 is 5.97 Å². The zero-order valence-corrected chi connectivity index (χ0v) is 9.11. The minimum Gasteiger partial charge on any atom is -0.481 e. The molecule has 88 valence electrons. The van der Waals surface area contributed by atoms with E-state index < -0.39 is 5.97 Å². The lowest BCUT2D eigenvalue weighted by Gasteiger charge is -2.21. The quantitative estimate of drug-likeness (QED) is 0.812. The van der Waals surface area contributed by atoms with Gasteiger partial charge in [0.15, 0.2) is 0 Å². The highest BCUT2D eigenvalue weighted by Crippen LogP contribution is 2.26. The molecule has 0 spiro atoms. The summed E-state index contributed by atoms with van der Waals surface area (Å²) >= 11 is 0. The number of carbonyl (C=O) groups is 1. The van der Waals surface area contributed by atoms with Crippen molar-refractivity contribution in [1.29, 1.82) is 0 Å². The predicted molar refractivity (Wildman–Crippen MR) is 58.5 cm³/mol. The molecule has 0 saturated heterocycles. The molecule has 1 fully saturated rings. The summed E-state index contributed by atoms with van der Waals surface area (Å²) in [6.07, 6.45) is 6.85. The second-order valence-corrected chi connectivity index (χ2v) is 4.34. The molecule has 1 aromatic heterocycles. The molecule has 0 bridgehead atoms. The van der Waals surface area contributed by atoms with Crippen molar-refractivity contribution < 1.29 is 9.90 Å². The Labute approximate surface area is 93.1 Å². The van der Waals surface area contributed by atoms with Gasteiger partial charge < -0.3 is 10.2 Å². The largest absolute Gasteiger partial charge is 0.481 e. The highest BCUT2D eigenvalue weighted by atomic mass is 16.4. The Kier molecular flexibility index (Phi) is 3.12. The molecule has 5 heteroatoms. The van der Waals surface area contributed by atoms with E-state index in [9.17, 15) is 9.59 Å². The van der Waals surface area contributed by atoms with Gasteiger partial charge in [0.05, 0.1) is 12.5 Å². The van der Waals surface area contributed by atoms with Crippen LogP contribution in [0, 0.1) is 0 Å². The van der Waals surface area contributed by atoms with Crippen LogP contribution in [0.2, 0.25) is 0 Å². The maximum absolute atomic E-state index is 11.9. The molecule has 1 aliphatic rings. The number of nitrogens with zero attached hydrogens (tertiary/aromatic N) is 1. The van der Waals surface area contributed by atoms with E-state index in [1.165, 1.54) is 12.6 Å². The number of nitrogens with one attached hydrogen (secondary N) is 1. The van der Waals surface area contributed by atoms with Crippen molar-refractivity contribution in [3.05, 3.63) is 22.1 Å². The molecule has 1 aliphatic carbocycles. The zero-order valence-electron chi connectivity index (χ0n) is 9.11. The normalized spacial score (nSPS) is 17.5. The van der Waals surface area contributed by atoms with E-state index in [2.05, 4.69) is 5.10 Å². The van der Waals surface area contributed by atoms with Crippen LogP contribution in [0.1, 0.15) is 43.7 Å². The number of rotatable bonds is 3. The van der Waals surface area contributed by atoms with E-state index in [1.54, 1.807) is 4.68 Å². The van der Waals surface area contributed by atoms with Crippen LogP contribution in [0.25, 0.3) is 0 Å². The summed E-state index contributed by atoms with van der Waals surface area (Å²) in [7, 11) is 0. The van der Waals surface area contributed by atoms with Crippen LogP contribution in [-0.2, 0) is 11.2 Å². The van der Waals surface area contributed by atoms with Crippen molar-refractivity contribution in [1.82, 2.24) is 9.78 Å². The molecule has 0 aromatic carbocycles. The van der Waals surface area contributed by atoms with Crippen LogP contribution < -0.4 is 5.56 Å². The second-order valence-electron chi connectivity index (χ2n) is 4.34. The molecule has 0 aliphatic heterocycles. The van der Waals surface area contributed by atoms with E-state index in [0.29, 0.717) is 5.56 Å². The van der Waals surface area contributed by atoms with Crippen LogP contribution in [0.5, 0.6) is 0 Å². The SMILES string of the molecule is O=C(O)Cc1c[nH]n(C2CCCCC2)c1=O. The third kappa shape index (κ3) is 2.18.